The summed E-state index contributed by atoms with van der Waals surface area (Å²) in [5.41, 5.74) is 3.87. The molecular weight excluding hydrogens is 356 g/mol. The van der Waals surface area contributed by atoms with Crippen molar-refractivity contribution >= 4 is 12.0 Å². The van der Waals surface area contributed by atoms with Crippen LogP contribution in [0.25, 0.3) is 0 Å². The van der Waals surface area contributed by atoms with Gasteiger partial charge in [-0.2, -0.15) is 0 Å². The van der Waals surface area contributed by atoms with Gasteiger partial charge in [-0.05, 0) is 49.5 Å². The standard InChI is InChI=1S/C22H30N2O4/c1-13-16-12-22(3)14(2)19(28-21(26)24-8-6-7-9-24)18(27-5)11-15(22)10-17(16)23(4)20(13)25/h10-11,14,18-19H,6-9,12H2,1-5H3/t14-,18+,19+,22+/m0/s1. The Bertz CT molecular complexity index is 805. The zero-order valence-electron chi connectivity index (χ0n) is 17.4. The van der Waals surface area contributed by atoms with Gasteiger partial charge in [-0.1, -0.05) is 13.8 Å². The van der Waals surface area contributed by atoms with Crippen LogP contribution < -0.4 is 0 Å². The zero-order chi connectivity index (χ0) is 20.2. The molecule has 0 aromatic heterocycles. The lowest BCUT2D eigenvalue weighted by Crippen LogP contribution is -2.50. The molecule has 0 unspecified atom stereocenters. The molecule has 0 radical (unpaired) electrons. The first-order valence-corrected chi connectivity index (χ1v) is 10.2. The Labute approximate surface area is 166 Å². The molecular formula is C22H30N2O4. The van der Waals surface area contributed by atoms with Crippen LogP contribution in [0.2, 0.25) is 0 Å². The smallest absolute Gasteiger partial charge is 0.410 e. The third kappa shape index (κ3) is 2.72. The second-order valence-electron chi connectivity index (χ2n) is 8.75. The Morgan fingerprint density at radius 1 is 1.29 bits per heavy atom. The molecule has 4 rings (SSSR count). The van der Waals surface area contributed by atoms with Crippen molar-refractivity contribution in [1.29, 1.82) is 0 Å². The normalized spacial score (nSPS) is 34.9. The van der Waals surface area contributed by atoms with Crippen molar-refractivity contribution in [2.24, 2.45) is 11.3 Å². The molecule has 2 heterocycles. The van der Waals surface area contributed by atoms with E-state index in [1.165, 1.54) is 0 Å². The summed E-state index contributed by atoms with van der Waals surface area (Å²) in [5, 5.41) is 0. The van der Waals surface area contributed by atoms with Crippen LogP contribution in [0.1, 0.15) is 40.0 Å². The molecule has 0 spiro atoms. The fourth-order valence-corrected chi connectivity index (χ4v) is 5.12. The molecule has 28 heavy (non-hydrogen) atoms. The van der Waals surface area contributed by atoms with Crippen molar-refractivity contribution in [2.45, 2.75) is 52.2 Å². The molecule has 2 aliphatic carbocycles. The van der Waals surface area contributed by atoms with Crippen molar-refractivity contribution in [1.82, 2.24) is 9.80 Å². The maximum Gasteiger partial charge on any atom is 0.410 e. The SMILES string of the molecule is CO[C@@H]1C=C2C=C3C(=C(C)C(=O)N3C)C[C@]2(C)[C@@H](C)[C@H]1OC(=O)N1CCCC1. The summed E-state index contributed by atoms with van der Waals surface area (Å²) in [6.45, 7) is 7.78. The molecule has 4 atom stereocenters. The van der Waals surface area contributed by atoms with E-state index in [1.807, 2.05) is 14.0 Å². The van der Waals surface area contributed by atoms with Gasteiger partial charge in [0.1, 0.15) is 12.2 Å². The van der Waals surface area contributed by atoms with Gasteiger partial charge in [0, 0.05) is 49.9 Å². The molecule has 6 heteroatoms. The maximum absolute atomic E-state index is 12.7. The van der Waals surface area contributed by atoms with Crippen LogP contribution in [-0.4, -0.2) is 61.3 Å². The number of likely N-dealkylation sites (N-methyl/N-ethyl adjacent to an activating group) is 1. The van der Waals surface area contributed by atoms with Crippen LogP contribution in [0, 0.1) is 11.3 Å². The minimum atomic E-state index is -0.349. The number of likely N-dealkylation sites (tertiary alicyclic amines) is 1. The summed E-state index contributed by atoms with van der Waals surface area (Å²) in [6.07, 6.45) is 6.15. The van der Waals surface area contributed by atoms with E-state index in [1.54, 1.807) is 16.9 Å². The monoisotopic (exact) mass is 386 g/mol. The third-order valence-electron chi connectivity index (χ3n) is 7.28. The average molecular weight is 386 g/mol. The van der Waals surface area contributed by atoms with Crippen LogP contribution in [0.15, 0.2) is 34.6 Å². The van der Waals surface area contributed by atoms with Crippen LogP contribution >= 0.6 is 0 Å². The molecule has 0 saturated carbocycles. The third-order valence-corrected chi connectivity index (χ3v) is 7.28. The van der Waals surface area contributed by atoms with E-state index in [-0.39, 0.29) is 35.5 Å². The summed E-state index contributed by atoms with van der Waals surface area (Å²) in [4.78, 5) is 28.6. The molecule has 1 fully saturated rings. The van der Waals surface area contributed by atoms with E-state index in [9.17, 15) is 9.59 Å². The minimum Gasteiger partial charge on any atom is -0.443 e. The van der Waals surface area contributed by atoms with Crippen LogP contribution in [0.3, 0.4) is 0 Å². The predicted molar refractivity (Wildman–Crippen MR) is 105 cm³/mol. The van der Waals surface area contributed by atoms with E-state index in [2.05, 4.69) is 26.0 Å². The number of amides is 2. The van der Waals surface area contributed by atoms with Crippen molar-refractivity contribution in [2.75, 3.05) is 27.2 Å². The Morgan fingerprint density at radius 2 is 1.96 bits per heavy atom. The van der Waals surface area contributed by atoms with Gasteiger partial charge < -0.3 is 19.3 Å². The van der Waals surface area contributed by atoms with Gasteiger partial charge in [-0.25, -0.2) is 4.79 Å². The van der Waals surface area contributed by atoms with E-state index >= 15 is 0 Å². The number of hydrogen-bond donors (Lipinski definition) is 0. The number of ether oxygens (including phenoxy) is 2. The quantitative estimate of drug-likeness (QED) is 0.731. The van der Waals surface area contributed by atoms with E-state index in [4.69, 9.17) is 9.47 Å². The number of carbonyl (C=O) groups is 2. The Morgan fingerprint density at radius 3 is 2.61 bits per heavy atom. The summed E-state index contributed by atoms with van der Waals surface area (Å²) < 4.78 is 11.7. The lowest BCUT2D eigenvalue weighted by Gasteiger charge is -2.49. The molecule has 4 aliphatic rings. The number of carbonyl (C=O) groups excluding carboxylic acids is 2. The summed E-state index contributed by atoms with van der Waals surface area (Å²) in [6, 6.07) is 0. The highest BCUT2D eigenvalue weighted by molar-refractivity contribution is 6.00. The van der Waals surface area contributed by atoms with Gasteiger partial charge in [0.05, 0.1) is 0 Å². The molecule has 0 aromatic rings. The number of methoxy groups -OCH3 is 1. The Kier molecular flexibility index (Phi) is 4.65. The van der Waals surface area contributed by atoms with Gasteiger partial charge in [0.15, 0.2) is 0 Å². The Balaban J connectivity index is 1.68. The lowest BCUT2D eigenvalue weighted by molar-refractivity contribution is -0.123. The molecule has 1 saturated heterocycles. The first-order chi connectivity index (χ1) is 13.3. The number of nitrogens with zero attached hydrogens (tertiary/aromatic N) is 2. The molecule has 0 bridgehead atoms. The summed E-state index contributed by atoms with van der Waals surface area (Å²) in [5.74, 6) is 0.125. The topological polar surface area (TPSA) is 59.1 Å². The van der Waals surface area contributed by atoms with E-state index < -0.39 is 0 Å². The second kappa shape index (κ2) is 6.76. The van der Waals surface area contributed by atoms with Crippen molar-refractivity contribution < 1.29 is 19.1 Å². The van der Waals surface area contributed by atoms with Crippen LogP contribution in [0.4, 0.5) is 4.79 Å². The fraction of sp³-hybridized carbons (Fsp3) is 0.636. The number of hydrogen-bond acceptors (Lipinski definition) is 4. The molecule has 2 aliphatic heterocycles. The summed E-state index contributed by atoms with van der Waals surface area (Å²) in [7, 11) is 3.49. The minimum absolute atomic E-state index is 0.0584. The van der Waals surface area contributed by atoms with Gasteiger partial charge >= 0.3 is 6.09 Å². The van der Waals surface area contributed by atoms with Gasteiger partial charge in [0.2, 0.25) is 0 Å². The molecule has 2 amide bonds. The van der Waals surface area contributed by atoms with Crippen molar-refractivity contribution in [3.8, 4) is 0 Å². The van der Waals surface area contributed by atoms with Crippen molar-refractivity contribution in [3.05, 3.63) is 34.6 Å². The number of fused-ring (bicyclic) bond motifs is 2. The van der Waals surface area contributed by atoms with Crippen LogP contribution in [-0.2, 0) is 14.3 Å². The first kappa shape index (κ1) is 19.2. The number of allylic oxidation sites excluding steroid dienone is 3. The Hall–Kier alpha value is -2.08. The van der Waals surface area contributed by atoms with E-state index in [0.29, 0.717) is 0 Å². The summed E-state index contributed by atoms with van der Waals surface area (Å²) >= 11 is 0. The maximum atomic E-state index is 12.7. The lowest BCUT2D eigenvalue weighted by atomic mass is 9.59. The van der Waals surface area contributed by atoms with Crippen molar-refractivity contribution in [3.63, 3.8) is 0 Å². The predicted octanol–water partition coefficient (Wildman–Crippen LogP) is 3.26. The highest BCUT2D eigenvalue weighted by Crippen LogP contribution is 2.54. The molecule has 6 nitrogen and oxygen atoms in total. The second-order valence-corrected chi connectivity index (χ2v) is 8.75. The van der Waals surface area contributed by atoms with Gasteiger partial charge in [0.25, 0.3) is 5.91 Å². The van der Waals surface area contributed by atoms with Crippen LogP contribution in [0.5, 0.6) is 0 Å². The molecule has 152 valence electrons. The molecule has 0 aromatic carbocycles. The average Bonchev–Trinajstić information content (AvgIpc) is 3.28. The van der Waals surface area contributed by atoms with Gasteiger partial charge in [-0.3, -0.25) is 4.79 Å². The van der Waals surface area contributed by atoms with Gasteiger partial charge in [-0.15, -0.1) is 0 Å². The highest BCUT2D eigenvalue weighted by Gasteiger charge is 2.51. The molecule has 0 N–H and O–H groups in total. The van der Waals surface area contributed by atoms with E-state index in [0.717, 1.165) is 54.8 Å². The highest BCUT2D eigenvalue weighted by atomic mass is 16.6. The first-order valence-electron chi connectivity index (χ1n) is 10.2. The zero-order valence-corrected chi connectivity index (χ0v) is 17.4. The fourth-order valence-electron chi connectivity index (χ4n) is 5.12. The largest absolute Gasteiger partial charge is 0.443 e. The number of rotatable bonds is 2.